The first-order valence-corrected chi connectivity index (χ1v) is 5.27. The summed E-state index contributed by atoms with van der Waals surface area (Å²) in [5, 5.41) is 3.13. The van der Waals surface area contributed by atoms with Gasteiger partial charge in [0, 0.05) is 6.54 Å². The summed E-state index contributed by atoms with van der Waals surface area (Å²) in [6, 6.07) is 0. The van der Waals surface area contributed by atoms with Crippen LogP contribution in [0, 0.1) is 5.92 Å². The average molecular weight is 200 g/mol. The Balaban J connectivity index is 2.01. The molecule has 0 aromatic carbocycles. The molecule has 1 heterocycles. The molecule has 0 bridgehead atoms. The second-order valence-corrected chi connectivity index (χ2v) is 3.85. The van der Waals surface area contributed by atoms with E-state index in [1.165, 1.54) is 13.0 Å². The maximum atomic E-state index is 11.0. The van der Waals surface area contributed by atoms with E-state index in [9.17, 15) is 4.79 Å². The van der Waals surface area contributed by atoms with Gasteiger partial charge in [-0.2, -0.15) is 0 Å². The van der Waals surface area contributed by atoms with Crippen LogP contribution in [0.25, 0.3) is 0 Å². The first kappa shape index (κ1) is 11.5. The Morgan fingerprint density at radius 2 is 2.43 bits per heavy atom. The van der Waals surface area contributed by atoms with Crippen molar-refractivity contribution in [3.05, 3.63) is 0 Å². The molecule has 1 N–H and O–H groups in total. The summed E-state index contributed by atoms with van der Waals surface area (Å²) in [6.45, 7) is 5.86. The molecule has 0 aromatic heterocycles. The van der Waals surface area contributed by atoms with Crippen LogP contribution in [0.4, 0.5) is 0 Å². The van der Waals surface area contributed by atoms with Gasteiger partial charge in [-0.1, -0.05) is 0 Å². The molecule has 1 saturated heterocycles. The number of nitrogens with one attached hydrogen (secondary N) is 1. The van der Waals surface area contributed by atoms with Gasteiger partial charge in [0.15, 0.2) is 0 Å². The maximum Gasteiger partial charge on any atom is 0.319 e. The third-order valence-electron chi connectivity index (χ3n) is 2.50. The molecule has 1 rings (SSSR count). The van der Waals surface area contributed by atoms with Crippen molar-refractivity contribution in [2.45, 2.75) is 13.3 Å². The summed E-state index contributed by atoms with van der Waals surface area (Å²) in [4.78, 5) is 13.3. The Morgan fingerprint density at radius 1 is 1.64 bits per heavy atom. The van der Waals surface area contributed by atoms with Crippen molar-refractivity contribution < 1.29 is 9.53 Å². The van der Waals surface area contributed by atoms with Crippen LogP contribution >= 0.6 is 0 Å². The second kappa shape index (κ2) is 5.98. The van der Waals surface area contributed by atoms with Gasteiger partial charge < -0.3 is 15.0 Å². The van der Waals surface area contributed by atoms with Crippen LogP contribution in [0.1, 0.15) is 13.3 Å². The van der Waals surface area contributed by atoms with Crippen molar-refractivity contribution in [2.24, 2.45) is 5.92 Å². The molecular formula is C10H20N2O2. The van der Waals surface area contributed by atoms with Gasteiger partial charge in [-0.3, -0.25) is 4.79 Å². The Kier molecular flexibility index (Phi) is 4.90. The van der Waals surface area contributed by atoms with Crippen LogP contribution in [0.5, 0.6) is 0 Å². The number of rotatable bonds is 5. The summed E-state index contributed by atoms with van der Waals surface area (Å²) in [5.74, 6) is 0.535. The number of hydrogen-bond donors (Lipinski definition) is 1. The van der Waals surface area contributed by atoms with Crippen molar-refractivity contribution in [3.8, 4) is 0 Å². The number of ether oxygens (including phenoxy) is 1. The normalized spacial score (nSPS) is 22.6. The second-order valence-electron chi connectivity index (χ2n) is 3.85. The SMILES string of the molecule is CCOC(=O)CNCC1CCN(C)C1. The molecule has 0 aromatic rings. The molecule has 1 aliphatic rings. The van der Waals surface area contributed by atoms with Gasteiger partial charge in [-0.15, -0.1) is 0 Å². The molecule has 1 atom stereocenters. The summed E-state index contributed by atoms with van der Waals surface area (Å²) in [7, 11) is 2.13. The predicted molar refractivity (Wildman–Crippen MR) is 55.1 cm³/mol. The summed E-state index contributed by atoms with van der Waals surface area (Å²) < 4.78 is 4.82. The van der Waals surface area contributed by atoms with Crippen molar-refractivity contribution >= 4 is 5.97 Å². The van der Waals surface area contributed by atoms with Gasteiger partial charge in [0.25, 0.3) is 0 Å². The fraction of sp³-hybridized carbons (Fsp3) is 0.900. The van der Waals surface area contributed by atoms with E-state index in [1.807, 2.05) is 6.92 Å². The lowest BCUT2D eigenvalue weighted by molar-refractivity contribution is -0.142. The lowest BCUT2D eigenvalue weighted by atomic mass is 10.1. The molecule has 1 fully saturated rings. The van der Waals surface area contributed by atoms with Crippen molar-refractivity contribution in [1.29, 1.82) is 0 Å². The molecule has 14 heavy (non-hydrogen) atoms. The van der Waals surface area contributed by atoms with E-state index in [0.29, 0.717) is 19.1 Å². The van der Waals surface area contributed by atoms with Crippen LogP contribution in [0.3, 0.4) is 0 Å². The Hall–Kier alpha value is -0.610. The lowest BCUT2D eigenvalue weighted by Gasteiger charge is -2.10. The molecule has 0 radical (unpaired) electrons. The Labute approximate surface area is 85.6 Å². The van der Waals surface area contributed by atoms with E-state index in [0.717, 1.165) is 13.1 Å². The van der Waals surface area contributed by atoms with E-state index >= 15 is 0 Å². The van der Waals surface area contributed by atoms with Gasteiger partial charge >= 0.3 is 5.97 Å². The fourth-order valence-electron chi connectivity index (χ4n) is 1.78. The minimum atomic E-state index is -0.154. The van der Waals surface area contributed by atoms with E-state index in [4.69, 9.17) is 4.74 Å². The first-order valence-electron chi connectivity index (χ1n) is 5.27. The highest BCUT2D eigenvalue weighted by atomic mass is 16.5. The van der Waals surface area contributed by atoms with Crippen LogP contribution in [-0.4, -0.2) is 50.7 Å². The van der Waals surface area contributed by atoms with Crippen molar-refractivity contribution in [3.63, 3.8) is 0 Å². The molecule has 0 saturated carbocycles. The topological polar surface area (TPSA) is 41.6 Å². The van der Waals surface area contributed by atoms with Crippen LogP contribution in [-0.2, 0) is 9.53 Å². The zero-order valence-corrected chi connectivity index (χ0v) is 9.08. The van der Waals surface area contributed by atoms with Crippen LogP contribution in [0.2, 0.25) is 0 Å². The van der Waals surface area contributed by atoms with Crippen molar-refractivity contribution in [1.82, 2.24) is 10.2 Å². The van der Waals surface area contributed by atoms with Gasteiger partial charge in [-0.05, 0) is 39.4 Å². The maximum absolute atomic E-state index is 11.0. The monoisotopic (exact) mass is 200 g/mol. The van der Waals surface area contributed by atoms with E-state index in [2.05, 4.69) is 17.3 Å². The average Bonchev–Trinajstić information content (AvgIpc) is 2.52. The van der Waals surface area contributed by atoms with Gasteiger partial charge in [0.05, 0.1) is 13.2 Å². The van der Waals surface area contributed by atoms with Crippen LogP contribution in [0.15, 0.2) is 0 Å². The molecular weight excluding hydrogens is 180 g/mol. The Bertz CT molecular complexity index is 185. The summed E-state index contributed by atoms with van der Waals surface area (Å²) >= 11 is 0. The number of nitrogens with zero attached hydrogens (tertiary/aromatic N) is 1. The highest BCUT2D eigenvalue weighted by Crippen LogP contribution is 2.12. The fourth-order valence-corrected chi connectivity index (χ4v) is 1.78. The van der Waals surface area contributed by atoms with Gasteiger partial charge in [0.2, 0.25) is 0 Å². The van der Waals surface area contributed by atoms with E-state index in [-0.39, 0.29) is 5.97 Å². The number of esters is 1. The Morgan fingerprint density at radius 3 is 3.00 bits per heavy atom. The summed E-state index contributed by atoms with van der Waals surface area (Å²) in [6.07, 6.45) is 1.23. The number of likely N-dealkylation sites (tertiary alicyclic amines) is 1. The smallest absolute Gasteiger partial charge is 0.319 e. The molecule has 1 aliphatic heterocycles. The molecule has 1 unspecified atom stereocenters. The number of carbonyl (C=O) groups excluding carboxylic acids is 1. The zero-order chi connectivity index (χ0) is 10.4. The van der Waals surface area contributed by atoms with Gasteiger partial charge in [-0.25, -0.2) is 0 Å². The molecule has 4 heteroatoms. The summed E-state index contributed by atoms with van der Waals surface area (Å²) in [5.41, 5.74) is 0. The third kappa shape index (κ3) is 4.07. The quantitative estimate of drug-likeness (QED) is 0.639. The highest BCUT2D eigenvalue weighted by molar-refractivity contribution is 5.71. The molecule has 82 valence electrons. The number of hydrogen-bond acceptors (Lipinski definition) is 4. The molecule has 0 spiro atoms. The molecule has 4 nitrogen and oxygen atoms in total. The first-order chi connectivity index (χ1) is 6.72. The molecule has 0 aliphatic carbocycles. The zero-order valence-electron chi connectivity index (χ0n) is 9.08. The van der Waals surface area contributed by atoms with Gasteiger partial charge in [0.1, 0.15) is 0 Å². The predicted octanol–water partition coefficient (Wildman–Crippen LogP) is 0.0908. The van der Waals surface area contributed by atoms with E-state index < -0.39 is 0 Å². The number of carbonyl (C=O) groups is 1. The largest absolute Gasteiger partial charge is 0.465 e. The standard InChI is InChI=1S/C10H20N2O2/c1-3-14-10(13)7-11-6-9-4-5-12(2)8-9/h9,11H,3-8H2,1-2H3. The molecule has 0 amide bonds. The van der Waals surface area contributed by atoms with Crippen molar-refractivity contribution in [2.75, 3.05) is 39.8 Å². The highest BCUT2D eigenvalue weighted by Gasteiger charge is 2.18. The minimum absolute atomic E-state index is 0.154. The third-order valence-corrected chi connectivity index (χ3v) is 2.50. The van der Waals surface area contributed by atoms with Crippen LogP contribution < -0.4 is 5.32 Å². The minimum Gasteiger partial charge on any atom is -0.465 e. The van der Waals surface area contributed by atoms with E-state index in [1.54, 1.807) is 0 Å². The lowest BCUT2D eigenvalue weighted by Crippen LogP contribution is -2.30.